The van der Waals surface area contributed by atoms with Crippen LogP contribution in [-0.4, -0.2) is 31.6 Å². The summed E-state index contributed by atoms with van der Waals surface area (Å²) in [6.45, 7) is 0.707. The molecule has 1 aliphatic heterocycles. The molecule has 1 heterocycles. The van der Waals surface area contributed by atoms with E-state index in [1.54, 1.807) is 38.5 Å². The van der Waals surface area contributed by atoms with Crippen molar-refractivity contribution < 1.29 is 14.3 Å². The lowest BCUT2D eigenvalue weighted by atomic mass is 10.0. The Morgan fingerprint density at radius 1 is 1.16 bits per heavy atom. The van der Waals surface area contributed by atoms with Crippen molar-refractivity contribution in [1.82, 2.24) is 4.90 Å². The van der Waals surface area contributed by atoms with Crippen molar-refractivity contribution in [1.29, 1.82) is 5.26 Å². The average Bonchev–Trinajstić information content (AvgIpc) is 3.16. The Labute approximate surface area is 147 Å². The van der Waals surface area contributed by atoms with Gasteiger partial charge in [-0.05, 0) is 49.2 Å². The van der Waals surface area contributed by atoms with Crippen molar-refractivity contribution in [3.05, 3.63) is 59.2 Å². The normalized spacial score (nSPS) is 16.4. The van der Waals surface area contributed by atoms with Gasteiger partial charge in [0, 0.05) is 23.7 Å². The second-order valence-corrected chi connectivity index (χ2v) is 5.95. The van der Waals surface area contributed by atoms with Crippen molar-refractivity contribution in [2.24, 2.45) is 0 Å². The lowest BCUT2D eigenvalue weighted by Gasteiger charge is -2.26. The molecule has 3 rings (SSSR count). The van der Waals surface area contributed by atoms with E-state index in [2.05, 4.69) is 6.07 Å². The molecule has 25 heavy (non-hydrogen) atoms. The fourth-order valence-corrected chi connectivity index (χ4v) is 3.28. The van der Waals surface area contributed by atoms with Gasteiger partial charge in [-0.25, -0.2) is 0 Å². The van der Waals surface area contributed by atoms with Gasteiger partial charge in [-0.2, -0.15) is 5.26 Å². The third-order valence-electron chi connectivity index (χ3n) is 4.57. The molecule has 1 aliphatic rings. The van der Waals surface area contributed by atoms with E-state index in [4.69, 9.17) is 14.7 Å². The van der Waals surface area contributed by atoms with E-state index < -0.39 is 0 Å². The quantitative estimate of drug-likeness (QED) is 0.856. The summed E-state index contributed by atoms with van der Waals surface area (Å²) in [7, 11) is 3.24. The van der Waals surface area contributed by atoms with E-state index in [0.29, 0.717) is 17.7 Å². The molecule has 1 unspecified atom stereocenters. The Morgan fingerprint density at radius 3 is 2.56 bits per heavy atom. The van der Waals surface area contributed by atoms with E-state index in [-0.39, 0.29) is 11.9 Å². The van der Waals surface area contributed by atoms with Crippen molar-refractivity contribution in [2.45, 2.75) is 18.9 Å². The topological polar surface area (TPSA) is 62.6 Å². The molecule has 0 radical (unpaired) electrons. The number of nitrogens with zero attached hydrogens (tertiary/aromatic N) is 2. The maximum atomic E-state index is 12.9. The van der Waals surface area contributed by atoms with Gasteiger partial charge in [-0.1, -0.05) is 0 Å². The van der Waals surface area contributed by atoms with E-state index >= 15 is 0 Å². The van der Waals surface area contributed by atoms with Crippen molar-refractivity contribution >= 4 is 5.91 Å². The van der Waals surface area contributed by atoms with Gasteiger partial charge < -0.3 is 14.4 Å². The lowest BCUT2D eigenvalue weighted by molar-refractivity contribution is 0.0734. The van der Waals surface area contributed by atoms with Crippen LogP contribution in [0.4, 0.5) is 0 Å². The van der Waals surface area contributed by atoms with Gasteiger partial charge in [0.05, 0.1) is 31.9 Å². The number of ether oxygens (including phenoxy) is 2. The number of amides is 1. The first-order valence-corrected chi connectivity index (χ1v) is 8.21. The van der Waals surface area contributed by atoms with E-state index in [0.717, 1.165) is 29.9 Å². The van der Waals surface area contributed by atoms with Crippen molar-refractivity contribution in [2.75, 3.05) is 20.8 Å². The van der Waals surface area contributed by atoms with Gasteiger partial charge in [0.1, 0.15) is 11.5 Å². The third-order valence-corrected chi connectivity index (χ3v) is 4.57. The molecule has 1 fully saturated rings. The SMILES string of the molecule is COc1ccc(C2CCCN2C(=O)c2ccc(C#N)cc2)c(OC)c1. The summed E-state index contributed by atoms with van der Waals surface area (Å²) in [4.78, 5) is 14.8. The minimum Gasteiger partial charge on any atom is -0.497 e. The standard InChI is InChI=1S/C20H20N2O3/c1-24-16-9-10-17(19(12-16)25-2)18-4-3-11-22(18)20(23)15-7-5-14(13-21)6-8-15/h5-10,12,18H,3-4,11H2,1-2H3. The number of hydrogen-bond donors (Lipinski definition) is 0. The van der Waals surface area contributed by atoms with Gasteiger partial charge in [-0.15, -0.1) is 0 Å². The molecule has 1 amide bonds. The number of carbonyl (C=O) groups is 1. The molecular formula is C20H20N2O3. The fourth-order valence-electron chi connectivity index (χ4n) is 3.28. The number of hydrogen-bond acceptors (Lipinski definition) is 4. The number of nitriles is 1. The van der Waals surface area contributed by atoms with Gasteiger partial charge in [0.15, 0.2) is 0 Å². The molecule has 0 N–H and O–H groups in total. The molecule has 0 aliphatic carbocycles. The molecule has 0 spiro atoms. The highest BCUT2D eigenvalue weighted by atomic mass is 16.5. The number of methoxy groups -OCH3 is 2. The predicted molar refractivity (Wildman–Crippen MR) is 93.7 cm³/mol. The van der Waals surface area contributed by atoms with Crippen LogP contribution in [-0.2, 0) is 0 Å². The van der Waals surface area contributed by atoms with E-state index in [1.807, 2.05) is 23.1 Å². The van der Waals surface area contributed by atoms with Crippen molar-refractivity contribution in [3.63, 3.8) is 0 Å². The van der Waals surface area contributed by atoms with Crippen LogP contribution in [0.25, 0.3) is 0 Å². The smallest absolute Gasteiger partial charge is 0.254 e. The summed E-state index contributed by atoms with van der Waals surface area (Å²) in [5.74, 6) is 1.43. The molecule has 5 nitrogen and oxygen atoms in total. The number of carbonyl (C=O) groups excluding carboxylic acids is 1. The van der Waals surface area contributed by atoms with Crippen LogP contribution < -0.4 is 9.47 Å². The van der Waals surface area contributed by atoms with Crippen LogP contribution in [0.3, 0.4) is 0 Å². The number of rotatable bonds is 4. The molecule has 2 aromatic rings. The zero-order valence-corrected chi connectivity index (χ0v) is 14.4. The van der Waals surface area contributed by atoms with Crippen LogP contribution in [0.15, 0.2) is 42.5 Å². The molecule has 1 saturated heterocycles. The highest BCUT2D eigenvalue weighted by Crippen LogP contribution is 2.39. The van der Waals surface area contributed by atoms with Crippen LogP contribution in [0.1, 0.15) is 40.4 Å². The first kappa shape index (κ1) is 16.8. The second kappa shape index (κ2) is 7.27. The van der Waals surface area contributed by atoms with Crippen LogP contribution in [0.2, 0.25) is 0 Å². The van der Waals surface area contributed by atoms with E-state index in [9.17, 15) is 4.79 Å². The highest BCUT2D eigenvalue weighted by molar-refractivity contribution is 5.94. The Kier molecular flexibility index (Phi) is 4.90. The zero-order valence-electron chi connectivity index (χ0n) is 14.4. The molecule has 0 aromatic heterocycles. The predicted octanol–water partition coefficient (Wildman–Crippen LogP) is 3.55. The third kappa shape index (κ3) is 3.29. The minimum absolute atomic E-state index is 0.0233. The summed E-state index contributed by atoms with van der Waals surface area (Å²) in [6.07, 6.45) is 1.84. The van der Waals surface area contributed by atoms with Crippen LogP contribution >= 0.6 is 0 Å². The summed E-state index contributed by atoms with van der Waals surface area (Å²) in [5, 5.41) is 8.90. The Balaban J connectivity index is 1.89. The molecule has 2 aromatic carbocycles. The maximum Gasteiger partial charge on any atom is 0.254 e. The Hall–Kier alpha value is -3.00. The minimum atomic E-state index is -0.0241. The monoisotopic (exact) mass is 336 g/mol. The van der Waals surface area contributed by atoms with Gasteiger partial charge in [0.2, 0.25) is 0 Å². The molecule has 128 valence electrons. The van der Waals surface area contributed by atoms with Gasteiger partial charge >= 0.3 is 0 Å². The Bertz CT molecular complexity index is 809. The molecule has 1 atom stereocenters. The average molecular weight is 336 g/mol. The van der Waals surface area contributed by atoms with Gasteiger partial charge in [0.25, 0.3) is 5.91 Å². The first-order valence-electron chi connectivity index (χ1n) is 8.21. The lowest BCUT2D eigenvalue weighted by Crippen LogP contribution is -2.30. The van der Waals surface area contributed by atoms with Crippen LogP contribution in [0, 0.1) is 11.3 Å². The molecule has 5 heteroatoms. The molecule has 0 saturated carbocycles. The molecule has 0 bridgehead atoms. The summed E-state index contributed by atoms with van der Waals surface area (Å²) in [6, 6.07) is 14.5. The summed E-state index contributed by atoms with van der Waals surface area (Å²) >= 11 is 0. The summed E-state index contributed by atoms with van der Waals surface area (Å²) < 4.78 is 10.8. The second-order valence-electron chi connectivity index (χ2n) is 5.95. The Morgan fingerprint density at radius 2 is 1.92 bits per heavy atom. The highest BCUT2D eigenvalue weighted by Gasteiger charge is 2.32. The number of likely N-dealkylation sites (tertiary alicyclic amines) is 1. The number of benzene rings is 2. The van der Waals surface area contributed by atoms with Gasteiger partial charge in [-0.3, -0.25) is 4.79 Å². The molecular weight excluding hydrogens is 316 g/mol. The van der Waals surface area contributed by atoms with Crippen LogP contribution in [0.5, 0.6) is 11.5 Å². The summed E-state index contributed by atoms with van der Waals surface area (Å²) in [5.41, 5.74) is 2.13. The fraction of sp³-hybridized carbons (Fsp3) is 0.300. The first-order chi connectivity index (χ1) is 12.2. The zero-order chi connectivity index (χ0) is 17.8. The van der Waals surface area contributed by atoms with Crippen molar-refractivity contribution in [3.8, 4) is 17.6 Å². The largest absolute Gasteiger partial charge is 0.497 e. The van der Waals surface area contributed by atoms with E-state index in [1.165, 1.54) is 0 Å². The maximum absolute atomic E-state index is 12.9.